The summed E-state index contributed by atoms with van der Waals surface area (Å²) in [5.41, 5.74) is 0.986. The predicted octanol–water partition coefficient (Wildman–Crippen LogP) is 2.48. The van der Waals surface area contributed by atoms with Crippen LogP contribution in [0.25, 0.3) is 0 Å². The maximum atomic E-state index is 12.4. The second-order valence-electron chi connectivity index (χ2n) is 4.99. The number of benzene rings is 1. The fraction of sp³-hybridized carbons (Fsp3) is 0.533. The fourth-order valence-electron chi connectivity index (χ4n) is 2.66. The lowest BCUT2D eigenvalue weighted by molar-refractivity contribution is -0.132. The molecule has 104 valence electrons. The molecule has 1 unspecified atom stereocenters. The number of halogens is 1. The van der Waals surface area contributed by atoms with Gasteiger partial charge in [-0.05, 0) is 44.0 Å². The monoisotopic (exact) mass is 280 g/mol. The number of carbonyl (C=O) groups is 1. The van der Waals surface area contributed by atoms with Crippen molar-refractivity contribution in [2.24, 2.45) is 0 Å². The van der Waals surface area contributed by atoms with E-state index in [2.05, 4.69) is 5.32 Å². The molecule has 2 rings (SSSR count). The molecule has 0 aromatic heterocycles. The van der Waals surface area contributed by atoms with Crippen molar-refractivity contribution in [3.05, 3.63) is 34.9 Å². The van der Waals surface area contributed by atoms with Gasteiger partial charge < -0.3 is 10.2 Å². The molecule has 3 nitrogen and oxygen atoms in total. The molecule has 0 saturated carbocycles. The number of piperidine rings is 1. The second-order valence-corrected chi connectivity index (χ2v) is 5.42. The minimum Gasteiger partial charge on any atom is -0.338 e. The first-order chi connectivity index (χ1) is 9.20. The van der Waals surface area contributed by atoms with Crippen molar-refractivity contribution >= 4 is 17.5 Å². The molecule has 0 bridgehead atoms. The van der Waals surface area contributed by atoms with Gasteiger partial charge in [-0.1, -0.05) is 23.7 Å². The van der Waals surface area contributed by atoms with Crippen LogP contribution in [0.2, 0.25) is 5.02 Å². The number of rotatable bonds is 4. The molecule has 0 radical (unpaired) electrons. The van der Waals surface area contributed by atoms with Crippen LogP contribution in [0.1, 0.15) is 25.3 Å². The van der Waals surface area contributed by atoms with E-state index in [1.54, 1.807) is 0 Å². The van der Waals surface area contributed by atoms with Crippen molar-refractivity contribution in [2.75, 3.05) is 19.6 Å². The number of carbonyl (C=O) groups excluding carboxylic acids is 1. The van der Waals surface area contributed by atoms with Gasteiger partial charge in [0.25, 0.3) is 0 Å². The van der Waals surface area contributed by atoms with Crippen molar-refractivity contribution < 1.29 is 4.79 Å². The van der Waals surface area contributed by atoms with Crippen molar-refractivity contribution in [1.29, 1.82) is 0 Å². The van der Waals surface area contributed by atoms with E-state index in [0.717, 1.165) is 38.0 Å². The third kappa shape index (κ3) is 3.95. The summed E-state index contributed by atoms with van der Waals surface area (Å²) < 4.78 is 0. The van der Waals surface area contributed by atoms with Gasteiger partial charge in [-0.2, -0.15) is 0 Å². The van der Waals surface area contributed by atoms with Crippen LogP contribution in [-0.4, -0.2) is 36.5 Å². The molecule has 0 aliphatic carbocycles. The average molecular weight is 281 g/mol. The summed E-state index contributed by atoms with van der Waals surface area (Å²) in [5, 5.41) is 4.05. The van der Waals surface area contributed by atoms with E-state index in [9.17, 15) is 4.79 Å². The Hall–Kier alpha value is -1.06. The summed E-state index contributed by atoms with van der Waals surface area (Å²) in [6.45, 7) is 4.79. The van der Waals surface area contributed by atoms with Crippen molar-refractivity contribution in [1.82, 2.24) is 10.2 Å². The Morgan fingerprint density at radius 3 is 3.00 bits per heavy atom. The molecule has 1 aliphatic heterocycles. The van der Waals surface area contributed by atoms with E-state index >= 15 is 0 Å². The molecule has 1 heterocycles. The summed E-state index contributed by atoms with van der Waals surface area (Å²) in [6.07, 6.45) is 2.68. The summed E-state index contributed by atoms with van der Waals surface area (Å²) in [7, 11) is 0. The summed E-state index contributed by atoms with van der Waals surface area (Å²) in [5.74, 6) is 0.193. The van der Waals surface area contributed by atoms with E-state index in [0.29, 0.717) is 17.5 Å². The third-order valence-electron chi connectivity index (χ3n) is 3.62. The first-order valence-corrected chi connectivity index (χ1v) is 7.33. The minimum absolute atomic E-state index is 0.193. The highest BCUT2D eigenvalue weighted by Gasteiger charge is 2.23. The topological polar surface area (TPSA) is 32.3 Å². The molecule has 19 heavy (non-hydrogen) atoms. The lowest BCUT2D eigenvalue weighted by Gasteiger charge is -2.34. The molecule has 1 aromatic rings. The van der Waals surface area contributed by atoms with Crippen molar-refractivity contribution in [2.45, 2.75) is 32.2 Å². The molecule has 1 N–H and O–H groups in total. The van der Waals surface area contributed by atoms with Crippen LogP contribution in [0.5, 0.6) is 0 Å². The minimum atomic E-state index is 0.193. The first kappa shape index (κ1) is 14.4. The summed E-state index contributed by atoms with van der Waals surface area (Å²) in [6, 6.07) is 7.88. The lowest BCUT2D eigenvalue weighted by atomic mass is 10.0. The maximum absolute atomic E-state index is 12.4. The van der Waals surface area contributed by atoms with Crippen LogP contribution in [0.3, 0.4) is 0 Å². The van der Waals surface area contributed by atoms with Gasteiger partial charge in [-0.15, -0.1) is 0 Å². The molecule has 1 aliphatic rings. The number of hydrogen-bond donors (Lipinski definition) is 1. The van der Waals surface area contributed by atoms with Crippen LogP contribution in [-0.2, 0) is 11.2 Å². The van der Waals surface area contributed by atoms with Crippen LogP contribution in [0.15, 0.2) is 24.3 Å². The van der Waals surface area contributed by atoms with E-state index in [1.807, 2.05) is 36.1 Å². The SMILES string of the molecule is CCN(C(=O)Cc1cccc(Cl)c1)C1CCCNC1. The summed E-state index contributed by atoms with van der Waals surface area (Å²) in [4.78, 5) is 14.4. The molecule has 4 heteroatoms. The standard InChI is InChI=1S/C15H21ClN2O/c1-2-18(14-7-4-8-17-11-14)15(19)10-12-5-3-6-13(16)9-12/h3,5-6,9,14,17H,2,4,7-8,10-11H2,1H3. The Morgan fingerprint density at radius 1 is 1.53 bits per heavy atom. The van der Waals surface area contributed by atoms with E-state index in [-0.39, 0.29) is 5.91 Å². The smallest absolute Gasteiger partial charge is 0.227 e. The predicted molar refractivity (Wildman–Crippen MR) is 78.4 cm³/mol. The van der Waals surface area contributed by atoms with Crippen LogP contribution >= 0.6 is 11.6 Å². The highest BCUT2D eigenvalue weighted by Crippen LogP contribution is 2.15. The number of amides is 1. The molecule has 1 saturated heterocycles. The quantitative estimate of drug-likeness (QED) is 0.919. The number of likely N-dealkylation sites (N-methyl/N-ethyl adjacent to an activating group) is 1. The van der Waals surface area contributed by atoms with Crippen LogP contribution in [0, 0.1) is 0 Å². The Kier molecular flexibility index (Phi) is 5.23. The first-order valence-electron chi connectivity index (χ1n) is 6.95. The number of nitrogens with one attached hydrogen (secondary N) is 1. The van der Waals surface area contributed by atoms with Gasteiger partial charge in [0.1, 0.15) is 0 Å². The molecular formula is C15H21ClN2O. The number of nitrogens with zero attached hydrogens (tertiary/aromatic N) is 1. The summed E-state index contributed by atoms with van der Waals surface area (Å²) >= 11 is 5.96. The van der Waals surface area contributed by atoms with Gasteiger partial charge in [0.05, 0.1) is 6.42 Å². The Morgan fingerprint density at radius 2 is 2.37 bits per heavy atom. The van der Waals surface area contributed by atoms with E-state index < -0.39 is 0 Å². The Labute approximate surface area is 119 Å². The lowest BCUT2D eigenvalue weighted by Crippen LogP contribution is -2.49. The molecule has 1 aromatic carbocycles. The van der Waals surface area contributed by atoms with Gasteiger partial charge in [-0.3, -0.25) is 4.79 Å². The van der Waals surface area contributed by atoms with E-state index in [1.165, 1.54) is 0 Å². The van der Waals surface area contributed by atoms with Gasteiger partial charge in [-0.25, -0.2) is 0 Å². The zero-order valence-electron chi connectivity index (χ0n) is 11.4. The normalized spacial score (nSPS) is 19.2. The van der Waals surface area contributed by atoms with Gasteiger partial charge in [0.15, 0.2) is 0 Å². The van der Waals surface area contributed by atoms with Crippen LogP contribution in [0.4, 0.5) is 0 Å². The Bertz CT molecular complexity index is 430. The maximum Gasteiger partial charge on any atom is 0.227 e. The highest BCUT2D eigenvalue weighted by molar-refractivity contribution is 6.30. The van der Waals surface area contributed by atoms with Crippen LogP contribution < -0.4 is 5.32 Å². The zero-order valence-corrected chi connectivity index (χ0v) is 12.1. The van der Waals surface area contributed by atoms with E-state index in [4.69, 9.17) is 11.6 Å². The largest absolute Gasteiger partial charge is 0.338 e. The second kappa shape index (κ2) is 6.92. The molecular weight excluding hydrogens is 260 g/mol. The third-order valence-corrected chi connectivity index (χ3v) is 3.85. The molecule has 1 amide bonds. The average Bonchev–Trinajstić information content (AvgIpc) is 2.41. The fourth-order valence-corrected chi connectivity index (χ4v) is 2.87. The number of hydrogen-bond acceptors (Lipinski definition) is 2. The van der Waals surface area contributed by atoms with Crippen molar-refractivity contribution in [3.63, 3.8) is 0 Å². The zero-order chi connectivity index (χ0) is 13.7. The Balaban J connectivity index is 2.00. The van der Waals surface area contributed by atoms with Gasteiger partial charge in [0.2, 0.25) is 5.91 Å². The molecule has 1 atom stereocenters. The highest BCUT2D eigenvalue weighted by atomic mass is 35.5. The van der Waals surface area contributed by atoms with Gasteiger partial charge >= 0.3 is 0 Å². The van der Waals surface area contributed by atoms with Crippen molar-refractivity contribution in [3.8, 4) is 0 Å². The van der Waals surface area contributed by atoms with Gasteiger partial charge in [0, 0.05) is 24.2 Å². The molecule has 1 fully saturated rings. The molecule has 0 spiro atoms.